The molecule has 1 rings (SSSR count). The number of nitrogens with one attached hydrogen (secondary N) is 1. The van der Waals surface area contributed by atoms with Gasteiger partial charge in [0.05, 0.1) is 5.92 Å². The molecule has 1 atom stereocenters. The molecular weight excluding hydrogens is 160 g/mol. The molecule has 1 fully saturated rings. The molecule has 0 aromatic heterocycles. The summed E-state index contributed by atoms with van der Waals surface area (Å²) < 4.78 is 10.1. The molecule has 3 N–H and O–H groups in total. The minimum atomic E-state index is -1.17. The zero-order valence-electron chi connectivity index (χ0n) is 7.29. The van der Waals surface area contributed by atoms with E-state index >= 15 is 0 Å². The van der Waals surface area contributed by atoms with Crippen molar-refractivity contribution in [3.05, 3.63) is 0 Å². The lowest BCUT2D eigenvalue weighted by Crippen LogP contribution is -2.48. The summed E-state index contributed by atoms with van der Waals surface area (Å²) in [6.07, 6.45) is 0. The van der Waals surface area contributed by atoms with Crippen molar-refractivity contribution in [2.45, 2.75) is 5.79 Å². The number of hydrogen-bond acceptors (Lipinski definition) is 4. The quantitative estimate of drug-likeness (QED) is 0.520. The third-order valence-corrected chi connectivity index (χ3v) is 2.25. The van der Waals surface area contributed by atoms with Crippen molar-refractivity contribution in [2.24, 2.45) is 11.7 Å². The molecule has 0 radical (unpaired) electrons. The van der Waals surface area contributed by atoms with Gasteiger partial charge in [-0.1, -0.05) is 0 Å². The van der Waals surface area contributed by atoms with Crippen LogP contribution in [0.1, 0.15) is 0 Å². The summed E-state index contributed by atoms with van der Waals surface area (Å²) >= 11 is 0. The smallest absolute Gasteiger partial charge is 0.280 e. The Morgan fingerprint density at radius 1 is 1.67 bits per heavy atom. The summed E-state index contributed by atoms with van der Waals surface area (Å²) in [5.41, 5.74) is 5.47. The molecule has 5 nitrogen and oxygen atoms in total. The molecule has 1 aliphatic heterocycles. The molecule has 1 aliphatic rings. The minimum absolute atomic E-state index is 0.111. The van der Waals surface area contributed by atoms with Crippen LogP contribution < -0.4 is 11.1 Å². The van der Waals surface area contributed by atoms with E-state index in [0.29, 0.717) is 13.1 Å². The zero-order valence-corrected chi connectivity index (χ0v) is 7.29. The van der Waals surface area contributed by atoms with Gasteiger partial charge in [0.15, 0.2) is 0 Å². The summed E-state index contributed by atoms with van der Waals surface area (Å²) in [5.74, 6) is -1.53. The standard InChI is InChI=1S/C7H14N2O3/c1-11-7(12-2)5(3-8)4-9-6(7)10/h5H,3-4,8H2,1-2H3,(H,9,10). The fourth-order valence-electron chi connectivity index (χ4n) is 1.50. The maximum absolute atomic E-state index is 11.3. The van der Waals surface area contributed by atoms with Crippen molar-refractivity contribution >= 4 is 5.91 Å². The summed E-state index contributed by atoms with van der Waals surface area (Å²) in [6.45, 7) is 0.872. The molecule has 1 saturated heterocycles. The van der Waals surface area contributed by atoms with Crippen molar-refractivity contribution in [1.82, 2.24) is 5.32 Å². The molecule has 12 heavy (non-hydrogen) atoms. The zero-order chi connectivity index (χ0) is 9.19. The lowest BCUT2D eigenvalue weighted by atomic mass is 10.0. The van der Waals surface area contributed by atoms with Gasteiger partial charge in [-0.3, -0.25) is 4.79 Å². The number of nitrogens with two attached hydrogens (primary N) is 1. The first kappa shape index (κ1) is 9.44. The topological polar surface area (TPSA) is 73.6 Å². The second-order valence-electron chi connectivity index (χ2n) is 2.72. The Hall–Kier alpha value is -0.650. The Kier molecular flexibility index (Phi) is 2.66. The fourth-order valence-corrected chi connectivity index (χ4v) is 1.50. The summed E-state index contributed by atoms with van der Waals surface area (Å²) in [6, 6.07) is 0. The Bertz CT molecular complexity index is 179. The van der Waals surface area contributed by atoms with E-state index in [9.17, 15) is 4.79 Å². The maximum Gasteiger partial charge on any atom is 0.280 e. The molecule has 1 heterocycles. The van der Waals surface area contributed by atoms with Gasteiger partial charge in [-0.2, -0.15) is 0 Å². The van der Waals surface area contributed by atoms with Gasteiger partial charge in [0.25, 0.3) is 11.7 Å². The van der Waals surface area contributed by atoms with E-state index in [0.717, 1.165) is 0 Å². The molecule has 70 valence electrons. The number of methoxy groups -OCH3 is 2. The Morgan fingerprint density at radius 2 is 2.25 bits per heavy atom. The third-order valence-electron chi connectivity index (χ3n) is 2.25. The number of ether oxygens (including phenoxy) is 2. The Labute approximate surface area is 71.2 Å². The van der Waals surface area contributed by atoms with Gasteiger partial charge in [0, 0.05) is 27.3 Å². The number of hydrogen-bond donors (Lipinski definition) is 2. The summed E-state index contributed by atoms with van der Waals surface area (Å²) in [5, 5.41) is 2.64. The predicted octanol–water partition coefficient (Wildman–Crippen LogP) is -1.32. The second-order valence-corrected chi connectivity index (χ2v) is 2.72. The van der Waals surface area contributed by atoms with Crippen LogP contribution in [0.15, 0.2) is 0 Å². The Balaban J connectivity index is 2.86. The van der Waals surface area contributed by atoms with Gasteiger partial charge in [-0.15, -0.1) is 0 Å². The first-order valence-electron chi connectivity index (χ1n) is 3.80. The van der Waals surface area contributed by atoms with E-state index in [1.165, 1.54) is 14.2 Å². The molecule has 0 aromatic rings. The van der Waals surface area contributed by atoms with Crippen LogP contribution in [0.3, 0.4) is 0 Å². The average Bonchev–Trinajstić information content (AvgIpc) is 2.42. The van der Waals surface area contributed by atoms with Crippen LogP contribution in [0.2, 0.25) is 0 Å². The van der Waals surface area contributed by atoms with Gasteiger partial charge in [0.2, 0.25) is 0 Å². The molecule has 0 saturated carbocycles. The average molecular weight is 174 g/mol. The molecule has 1 unspecified atom stereocenters. The number of carbonyl (C=O) groups is 1. The largest absolute Gasteiger partial charge is 0.351 e. The van der Waals surface area contributed by atoms with Gasteiger partial charge in [-0.25, -0.2) is 0 Å². The highest BCUT2D eigenvalue weighted by molar-refractivity contribution is 5.86. The molecule has 0 spiro atoms. The van der Waals surface area contributed by atoms with Gasteiger partial charge in [-0.05, 0) is 0 Å². The lowest BCUT2D eigenvalue weighted by Gasteiger charge is -2.28. The van der Waals surface area contributed by atoms with Crippen molar-refractivity contribution in [3.8, 4) is 0 Å². The van der Waals surface area contributed by atoms with Crippen molar-refractivity contribution in [3.63, 3.8) is 0 Å². The van der Waals surface area contributed by atoms with Crippen LogP contribution in [0.4, 0.5) is 0 Å². The van der Waals surface area contributed by atoms with E-state index in [2.05, 4.69) is 5.32 Å². The molecule has 0 aromatic carbocycles. The molecule has 0 bridgehead atoms. The van der Waals surface area contributed by atoms with Crippen LogP contribution in [0.25, 0.3) is 0 Å². The lowest BCUT2D eigenvalue weighted by molar-refractivity contribution is -0.217. The van der Waals surface area contributed by atoms with E-state index in [1.807, 2.05) is 0 Å². The maximum atomic E-state index is 11.3. The highest BCUT2D eigenvalue weighted by Crippen LogP contribution is 2.26. The monoisotopic (exact) mass is 174 g/mol. The highest BCUT2D eigenvalue weighted by Gasteiger charge is 2.51. The van der Waals surface area contributed by atoms with E-state index < -0.39 is 5.79 Å². The number of amides is 1. The predicted molar refractivity (Wildman–Crippen MR) is 42.3 cm³/mol. The van der Waals surface area contributed by atoms with Crippen molar-refractivity contribution in [2.75, 3.05) is 27.3 Å². The molecular formula is C7H14N2O3. The van der Waals surface area contributed by atoms with Gasteiger partial charge < -0.3 is 20.5 Å². The second kappa shape index (κ2) is 3.38. The SMILES string of the molecule is COC1(OC)C(=O)NCC1CN. The Morgan fingerprint density at radius 3 is 2.58 bits per heavy atom. The summed E-state index contributed by atoms with van der Waals surface area (Å²) in [4.78, 5) is 11.3. The third kappa shape index (κ3) is 1.10. The van der Waals surface area contributed by atoms with Crippen LogP contribution >= 0.6 is 0 Å². The molecule has 5 heteroatoms. The highest BCUT2D eigenvalue weighted by atomic mass is 16.7. The van der Waals surface area contributed by atoms with E-state index in [1.54, 1.807) is 0 Å². The fraction of sp³-hybridized carbons (Fsp3) is 0.857. The van der Waals surface area contributed by atoms with Gasteiger partial charge in [0.1, 0.15) is 0 Å². The first-order valence-corrected chi connectivity index (χ1v) is 3.80. The minimum Gasteiger partial charge on any atom is -0.351 e. The van der Waals surface area contributed by atoms with Crippen LogP contribution in [0, 0.1) is 5.92 Å². The molecule has 0 aliphatic carbocycles. The van der Waals surface area contributed by atoms with E-state index in [-0.39, 0.29) is 11.8 Å². The number of carbonyl (C=O) groups excluding carboxylic acids is 1. The first-order chi connectivity index (χ1) is 5.71. The van der Waals surface area contributed by atoms with Crippen LogP contribution in [-0.4, -0.2) is 39.0 Å². The summed E-state index contributed by atoms with van der Waals surface area (Å²) in [7, 11) is 2.88. The van der Waals surface area contributed by atoms with Crippen molar-refractivity contribution in [1.29, 1.82) is 0 Å². The van der Waals surface area contributed by atoms with Gasteiger partial charge >= 0.3 is 0 Å². The van der Waals surface area contributed by atoms with Crippen LogP contribution in [0.5, 0.6) is 0 Å². The van der Waals surface area contributed by atoms with Crippen LogP contribution in [-0.2, 0) is 14.3 Å². The van der Waals surface area contributed by atoms with E-state index in [4.69, 9.17) is 15.2 Å². The normalized spacial score (nSPS) is 27.2. The van der Waals surface area contributed by atoms with Crippen molar-refractivity contribution < 1.29 is 14.3 Å². The molecule has 1 amide bonds. The number of rotatable bonds is 3.